The van der Waals surface area contributed by atoms with Gasteiger partial charge in [0.15, 0.2) is 0 Å². The normalized spacial score (nSPS) is 18.7. The van der Waals surface area contributed by atoms with Crippen LogP contribution in [-0.2, 0) is 30.3 Å². The van der Waals surface area contributed by atoms with Gasteiger partial charge in [-0.15, -0.1) is 0 Å². The van der Waals surface area contributed by atoms with Gasteiger partial charge in [-0.1, -0.05) is 44.2 Å². The summed E-state index contributed by atoms with van der Waals surface area (Å²) in [5.74, 6) is -1.83. The van der Waals surface area contributed by atoms with Crippen molar-refractivity contribution in [3.63, 3.8) is 0 Å². The van der Waals surface area contributed by atoms with Crippen LogP contribution in [0.1, 0.15) is 39.7 Å². The Morgan fingerprint density at radius 1 is 1.11 bits per heavy atom. The second-order valence-corrected chi connectivity index (χ2v) is 9.20. The van der Waals surface area contributed by atoms with Crippen molar-refractivity contribution in [2.24, 2.45) is 5.92 Å². The molecule has 0 spiro atoms. The second kappa shape index (κ2) is 11.7. The van der Waals surface area contributed by atoms with E-state index in [4.69, 9.17) is 4.74 Å². The number of ether oxygens (including phenoxy) is 1. The first-order chi connectivity index (χ1) is 16.4. The van der Waals surface area contributed by atoms with Crippen molar-refractivity contribution in [3.8, 4) is 0 Å². The van der Waals surface area contributed by atoms with Crippen molar-refractivity contribution < 1.29 is 28.7 Å². The van der Waals surface area contributed by atoms with E-state index in [0.29, 0.717) is 6.42 Å². The molecule has 1 aliphatic rings. The van der Waals surface area contributed by atoms with Crippen LogP contribution in [0, 0.1) is 5.92 Å². The number of benzene rings is 1. The number of hydrogen-bond acceptors (Lipinski definition) is 6. The van der Waals surface area contributed by atoms with E-state index in [2.05, 4.69) is 16.0 Å². The highest BCUT2D eigenvalue weighted by Gasteiger charge is 2.56. The van der Waals surface area contributed by atoms with Gasteiger partial charge < -0.3 is 20.7 Å². The minimum Gasteiger partial charge on any atom is -0.467 e. The molecule has 1 saturated heterocycles. The van der Waals surface area contributed by atoms with Gasteiger partial charge in [0.05, 0.1) is 13.7 Å². The van der Waals surface area contributed by atoms with Gasteiger partial charge in [0, 0.05) is 20.4 Å². The number of methoxy groups -OCH3 is 1. The number of hydrogen-bond donors (Lipinski definition) is 3. The molecule has 0 aliphatic carbocycles. The molecule has 3 N–H and O–H groups in total. The number of carbonyl (C=O) groups is 5. The van der Waals surface area contributed by atoms with Gasteiger partial charge in [0.2, 0.25) is 11.8 Å². The van der Waals surface area contributed by atoms with Crippen LogP contribution in [0.2, 0.25) is 0 Å². The quantitative estimate of drug-likeness (QED) is 0.325. The van der Waals surface area contributed by atoms with Crippen LogP contribution in [0.15, 0.2) is 30.3 Å². The Kier molecular flexibility index (Phi) is 9.21. The van der Waals surface area contributed by atoms with Gasteiger partial charge in [-0.25, -0.2) is 19.6 Å². The van der Waals surface area contributed by atoms with Crippen molar-refractivity contribution in [2.45, 2.75) is 58.2 Å². The SMILES string of the molecule is COC(=O)[C@H](CC(C)C)NC(=O)N(C)N1CC(Cc2ccccc2)(NC(=O)[C@H](C)NC(C)=O)C1=O. The number of nitrogens with one attached hydrogen (secondary N) is 3. The first kappa shape index (κ1) is 27.6. The van der Waals surface area contributed by atoms with E-state index in [1.54, 1.807) is 0 Å². The molecular weight excluding hydrogens is 454 g/mol. The Labute approximate surface area is 205 Å². The number of nitrogens with zero attached hydrogens (tertiary/aromatic N) is 2. The van der Waals surface area contributed by atoms with Crippen molar-refractivity contribution in [2.75, 3.05) is 20.7 Å². The summed E-state index contributed by atoms with van der Waals surface area (Å²) in [4.78, 5) is 62.4. The van der Waals surface area contributed by atoms with E-state index in [0.717, 1.165) is 10.6 Å². The molecule has 1 aliphatic heterocycles. The molecule has 192 valence electrons. The number of carbonyl (C=O) groups excluding carboxylic acids is 5. The summed E-state index contributed by atoms with van der Waals surface area (Å²) in [5, 5.41) is 10.2. The summed E-state index contributed by atoms with van der Waals surface area (Å²) >= 11 is 0. The summed E-state index contributed by atoms with van der Waals surface area (Å²) in [6.07, 6.45) is 0.574. The number of hydrazine groups is 1. The molecule has 11 heteroatoms. The standard InChI is InChI=1S/C24H35N5O6/c1-15(2)12-19(21(32)35-6)26-23(34)28(5)29-14-24(22(29)33,13-18-10-8-7-9-11-18)27-20(31)16(3)25-17(4)30/h7-11,15-16,19H,12-14H2,1-6H3,(H,25,30)(H,26,34)(H,27,31)/t16-,19-,24?/m0/s1. The van der Waals surface area contributed by atoms with E-state index >= 15 is 0 Å². The fourth-order valence-corrected chi connectivity index (χ4v) is 3.90. The van der Waals surface area contributed by atoms with Gasteiger partial charge in [-0.3, -0.25) is 14.4 Å². The van der Waals surface area contributed by atoms with Crippen LogP contribution >= 0.6 is 0 Å². The molecule has 1 unspecified atom stereocenters. The maximum atomic E-state index is 13.4. The number of urea groups is 1. The Morgan fingerprint density at radius 3 is 2.26 bits per heavy atom. The molecule has 0 radical (unpaired) electrons. The van der Waals surface area contributed by atoms with Crippen LogP contribution in [0.3, 0.4) is 0 Å². The molecule has 2 rings (SSSR count). The molecule has 1 fully saturated rings. The number of rotatable bonds is 10. The molecule has 1 heterocycles. The summed E-state index contributed by atoms with van der Waals surface area (Å²) in [7, 11) is 2.65. The Morgan fingerprint density at radius 2 is 1.74 bits per heavy atom. The lowest BCUT2D eigenvalue weighted by Crippen LogP contribution is -2.79. The lowest BCUT2D eigenvalue weighted by molar-refractivity contribution is -0.174. The molecule has 0 saturated carbocycles. The first-order valence-electron chi connectivity index (χ1n) is 11.5. The predicted octanol–water partition coefficient (Wildman–Crippen LogP) is 0.595. The lowest BCUT2D eigenvalue weighted by Gasteiger charge is -2.52. The average molecular weight is 490 g/mol. The van der Waals surface area contributed by atoms with Gasteiger partial charge in [0.25, 0.3) is 5.91 Å². The number of amides is 5. The smallest absolute Gasteiger partial charge is 0.336 e. The lowest BCUT2D eigenvalue weighted by atomic mass is 9.83. The molecule has 3 atom stereocenters. The summed E-state index contributed by atoms with van der Waals surface area (Å²) in [6, 6.07) is 6.81. The molecule has 11 nitrogen and oxygen atoms in total. The highest BCUT2D eigenvalue weighted by molar-refractivity contribution is 5.99. The maximum absolute atomic E-state index is 13.4. The summed E-state index contributed by atoms with van der Waals surface area (Å²) in [6.45, 7) is 6.67. The third-order valence-corrected chi connectivity index (χ3v) is 5.73. The third-order valence-electron chi connectivity index (χ3n) is 5.73. The van der Waals surface area contributed by atoms with E-state index in [-0.39, 0.29) is 24.8 Å². The topological polar surface area (TPSA) is 137 Å². The predicted molar refractivity (Wildman–Crippen MR) is 128 cm³/mol. The van der Waals surface area contributed by atoms with Crippen LogP contribution in [-0.4, -0.2) is 78.1 Å². The van der Waals surface area contributed by atoms with Gasteiger partial charge in [-0.2, -0.15) is 0 Å². The zero-order valence-electron chi connectivity index (χ0n) is 21.1. The second-order valence-electron chi connectivity index (χ2n) is 9.20. The molecule has 0 bridgehead atoms. The Bertz CT molecular complexity index is 953. The molecule has 5 amide bonds. The highest BCUT2D eigenvalue weighted by atomic mass is 16.5. The average Bonchev–Trinajstić information content (AvgIpc) is 2.80. The fraction of sp³-hybridized carbons (Fsp3) is 0.542. The monoisotopic (exact) mass is 489 g/mol. The fourth-order valence-electron chi connectivity index (χ4n) is 3.90. The van der Waals surface area contributed by atoms with Gasteiger partial charge in [-0.05, 0) is 24.8 Å². The third kappa shape index (κ3) is 6.93. The van der Waals surface area contributed by atoms with E-state index in [1.165, 1.54) is 33.0 Å². The van der Waals surface area contributed by atoms with Crippen LogP contribution in [0.5, 0.6) is 0 Å². The molecule has 1 aromatic carbocycles. The Hall–Kier alpha value is -3.63. The molecular formula is C24H35N5O6. The van der Waals surface area contributed by atoms with Crippen LogP contribution < -0.4 is 16.0 Å². The number of esters is 1. The zero-order valence-corrected chi connectivity index (χ0v) is 21.1. The Balaban J connectivity index is 2.18. The van der Waals surface area contributed by atoms with Gasteiger partial charge in [0.1, 0.15) is 17.6 Å². The van der Waals surface area contributed by atoms with E-state index in [9.17, 15) is 24.0 Å². The molecule has 1 aromatic rings. The van der Waals surface area contributed by atoms with Gasteiger partial charge >= 0.3 is 12.0 Å². The van der Waals surface area contributed by atoms with Crippen molar-refractivity contribution in [1.82, 2.24) is 26.0 Å². The molecule has 0 aromatic heterocycles. The van der Waals surface area contributed by atoms with Crippen LogP contribution in [0.25, 0.3) is 0 Å². The van der Waals surface area contributed by atoms with Crippen LogP contribution in [0.4, 0.5) is 4.79 Å². The van der Waals surface area contributed by atoms with Crippen molar-refractivity contribution in [3.05, 3.63) is 35.9 Å². The van der Waals surface area contributed by atoms with E-state index < -0.39 is 41.4 Å². The van der Waals surface area contributed by atoms with Crippen molar-refractivity contribution in [1.29, 1.82) is 0 Å². The van der Waals surface area contributed by atoms with Crippen molar-refractivity contribution >= 4 is 29.7 Å². The summed E-state index contributed by atoms with van der Waals surface area (Å²) in [5.41, 5.74) is -0.470. The molecule has 35 heavy (non-hydrogen) atoms. The zero-order chi connectivity index (χ0) is 26.3. The minimum atomic E-state index is -1.29. The highest BCUT2D eigenvalue weighted by Crippen LogP contribution is 2.29. The minimum absolute atomic E-state index is 0.0241. The van der Waals surface area contributed by atoms with E-state index in [1.807, 2.05) is 44.2 Å². The maximum Gasteiger partial charge on any atom is 0.336 e. The number of β-lactam (4-membered cyclic amide) rings is 1. The first-order valence-corrected chi connectivity index (χ1v) is 11.5. The summed E-state index contributed by atoms with van der Waals surface area (Å²) < 4.78 is 4.78. The largest absolute Gasteiger partial charge is 0.467 e.